The topological polar surface area (TPSA) is 24.1 Å². The van der Waals surface area contributed by atoms with Gasteiger partial charge in [0.05, 0.1) is 0 Å². The zero-order valence-electron chi connectivity index (χ0n) is 10.7. The van der Waals surface area contributed by atoms with Crippen LogP contribution in [0.2, 0.25) is 0 Å². The van der Waals surface area contributed by atoms with Crippen LogP contribution in [0, 0.1) is 11.3 Å². The summed E-state index contributed by atoms with van der Waals surface area (Å²) in [7, 11) is 0. The Balaban J connectivity index is 2.00. The van der Waals surface area contributed by atoms with E-state index < -0.39 is 0 Å². The molecule has 0 aromatic rings. The van der Waals surface area contributed by atoms with E-state index in [4.69, 9.17) is 0 Å². The van der Waals surface area contributed by atoms with E-state index in [9.17, 15) is 0 Å². The van der Waals surface area contributed by atoms with Crippen LogP contribution in [0.4, 0.5) is 0 Å². The summed E-state index contributed by atoms with van der Waals surface area (Å²) in [5.74, 6) is 0.962. The van der Waals surface area contributed by atoms with Gasteiger partial charge in [-0.2, -0.15) is 0 Å². The van der Waals surface area contributed by atoms with Crippen LogP contribution in [0.5, 0.6) is 0 Å². The second kappa shape index (κ2) is 6.49. The lowest BCUT2D eigenvalue weighted by Gasteiger charge is -2.25. The average Bonchev–Trinajstić information content (AvgIpc) is 2.26. The molecule has 1 fully saturated rings. The SMILES string of the molecule is CCC(C)(C)CNCCC1CCNCC1. The summed E-state index contributed by atoms with van der Waals surface area (Å²) in [5, 5.41) is 7.02. The van der Waals surface area contributed by atoms with E-state index in [1.807, 2.05) is 0 Å². The summed E-state index contributed by atoms with van der Waals surface area (Å²) < 4.78 is 0. The van der Waals surface area contributed by atoms with Gasteiger partial charge in [-0.05, 0) is 56.7 Å². The summed E-state index contributed by atoms with van der Waals surface area (Å²) in [6.45, 7) is 11.8. The lowest BCUT2D eigenvalue weighted by atomic mass is 9.90. The molecule has 2 N–H and O–H groups in total. The van der Waals surface area contributed by atoms with Crippen LogP contribution in [0.3, 0.4) is 0 Å². The molecule has 0 spiro atoms. The highest BCUT2D eigenvalue weighted by Crippen LogP contribution is 2.18. The maximum absolute atomic E-state index is 3.60. The maximum Gasteiger partial charge on any atom is 0.000242 e. The van der Waals surface area contributed by atoms with E-state index >= 15 is 0 Å². The second-order valence-corrected chi connectivity index (χ2v) is 5.68. The molecule has 0 unspecified atom stereocenters. The molecule has 1 aliphatic heterocycles. The molecule has 0 aromatic heterocycles. The summed E-state index contributed by atoms with van der Waals surface area (Å²) in [6, 6.07) is 0. The van der Waals surface area contributed by atoms with Gasteiger partial charge in [0.15, 0.2) is 0 Å². The predicted octanol–water partition coefficient (Wildman–Crippen LogP) is 2.40. The molecule has 0 atom stereocenters. The molecule has 0 saturated carbocycles. The highest BCUT2D eigenvalue weighted by Gasteiger charge is 2.15. The van der Waals surface area contributed by atoms with Gasteiger partial charge in [-0.3, -0.25) is 0 Å². The summed E-state index contributed by atoms with van der Waals surface area (Å²) in [5.41, 5.74) is 0.466. The Morgan fingerprint density at radius 2 is 1.93 bits per heavy atom. The Hall–Kier alpha value is -0.0800. The number of piperidine rings is 1. The maximum atomic E-state index is 3.60. The zero-order chi connectivity index (χ0) is 11.1. The van der Waals surface area contributed by atoms with Crippen LogP contribution < -0.4 is 10.6 Å². The first kappa shape index (κ1) is 13.0. The third-order valence-electron chi connectivity index (χ3n) is 3.75. The molecule has 1 saturated heterocycles. The Morgan fingerprint density at radius 3 is 2.53 bits per heavy atom. The monoisotopic (exact) mass is 212 g/mol. The van der Waals surface area contributed by atoms with E-state index in [1.165, 1.54) is 45.3 Å². The molecule has 0 aliphatic carbocycles. The minimum atomic E-state index is 0.466. The molecule has 0 aromatic carbocycles. The highest BCUT2D eigenvalue weighted by atomic mass is 14.9. The molecular formula is C13H28N2. The molecule has 0 bridgehead atoms. The first-order valence-corrected chi connectivity index (χ1v) is 6.55. The molecule has 1 rings (SSSR count). The Kier molecular flexibility index (Phi) is 5.62. The van der Waals surface area contributed by atoms with E-state index in [2.05, 4.69) is 31.4 Å². The summed E-state index contributed by atoms with van der Waals surface area (Å²) >= 11 is 0. The third kappa shape index (κ3) is 5.53. The molecule has 2 nitrogen and oxygen atoms in total. The second-order valence-electron chi connectivity index (χ2n) is 5.68. The van der Waals surface area contributed by atoms with Crippen LogP contribution >= 0.6 is 0 Å². The Bertz CT molecular complexity index is 160. The fraction of sp³-hybridized carbons (Fsp3) is 1.00. The molecule has 0 amide bonds. The van der Waals surface area contributed by atoms with E-state index in [0.717, 1.165) is 12.5 Å². The molecule has 1 aliphatic rings. The van der Waals surface area contributed by atoms with E-state index in [-0.39, 0.29) is 0 Å². The predicted molar refractivity (Wildman–Crippen MR) is 67.2 cm³/mol. The lowest BCUT2D eigenvalue weighted by molar-refractivity contribution is 0.306. The number of nitrogens with one attached hydrogen (secondary N) is 2. The van der Waals surface area contributed by atoms with Crippen molar-refractivity contribution in [1.82, 2.24) is 10.6 Å². The number of hydrogen-bond acceptors (Lipinski definition) is 2. The van der Waals surface area contributed by atoms with Gasteiger partial charge < -0.3 is 10.6 Å². The van der Waals surface area contributed by atoms with Crippen LogP contribution in [0.15, 0.2) is 0 Å². The van der Waals surface area contributed by atoms with E-state index in [0.29, 0.717) is 5.41 Å². The average molecular weight is 212 g/mol. The fourth-order valence-corrected chi connectivity index (χ4v) is 2.03. The van der Waals surface area contributed by atoms with Gasteiger partial charge in [0, 0.05) is 6.54 Å². The van der Waals surface area contributed by atoms with Crippen molar-refractivity contribution in [3.63, 3.8) is 0 Å². The Labute approximate surface area is 95.2 Å². The molecule has 1 heterocycles. The van der Waals surface area contributed by atoms with Crippen LogP contribution in [-0.4, -0.2) is 26.2 Å². The van der Waals surface area contributed by atoms with Gasteiger partial charge >= 0.3 is 0 Å². The standard InChI is InChI=1S/C13H28N2/c1-4-13(2,3)11-15-10-7-12-5-8-14-9-6-12/h12,14-15H,4-11H2,1-3H3. The van der Waals surface area contributed by atoms with Crippen molar-refractivity contribution < 1.29 is 0 Å². The third-order valence-corrected chi connectivity index (χ3v) is 3.75. The fourth-order valence-electron chi connectivity index (χ4n) is 2.03. The van der Waals surface area contributed by atoms with Gasteiger partial charge in [-0.15, -0.1) is 0 Å². The van der Waals surface area contributed by atoms with Crippen LogP contribution in [0.1, 0.15) is 46.5 Å². The van der Waals surface area contributed by atoms with Gasteiger partial charge in [-0.1, -0.05) is 20.8 Å². The molecule has 90 valence electrons. The quantitative estimate of drug-likeness (QED) is 0.661. The van der Waals surface area contributed by atoms with Crippen molar-refractivity contribution in [2.75, 3.05) is 26.2 Å². The molecular weight excluding hydrogens is 184 g/mol. The van der Waals surface area contributed by atoms with Gasteiger partial charge in [-0.25, -0.2) is 0 Å². The van der Waals surface area contributed by atoms with Crippen molar-refractivity contribution >= 4 is 0 Å². The van der Waals surface area contributed by atoms with Crippen molar-refractivity contribution in [2.24, 2.45) is 11.3 Å². The van der Waals surface area contributed by atoms with Crippen molar-refractivity contribution in [1.29, 1.82) is 0 Å². The number of rotatable bonds is 6. The van der Waals surface area contributed by atoms with Gasteiger partial charge in [0.2, 0.25) is 0 Å². The van der Waals surface area contributed by atoms with Crippen molar-refractivity contribution in [3.8, 4) is 0 Å². The lowest BCUT2D eigenvalue weighted by Crippen LogP contribution is -2.32. The minimum Gasteiger partial charge on any atom is -0.317 e. The molecule has 0 radical (unpaired) electrons. The van der Waals surface area contributed by atoms with Gasteiger partial charge in [0.1, 0.15) is 0 Å². The van der Waals surface area contributed by atoms with Crippen molar-refractivity contribution in [3.05, 3.63) is 0 Å². The first-order valence-electron chi connectivity index (χ1n) is 6.55. The van der Waals surface area contributed by atoms with E-state index in [1.54, 1.807) is 0 Å². The van der Waals surface area contributed by atoms with Crippen LogP contribution in [-0.2, 0) is 0 Å². The smallest absolute Gasteiger partial charge is 0.000242 e. The number of hydrogen-bond donors (Lipinski definition) is 2. The zero-order valence-corrected chi connectivity index (χ0v) is 10.7. The van der Waals surface area contributed by atoms with Crippen LogP contribution in [0.25, 0.3) is 0 Å². The summed E-state index contributed by atoms with van der Waals surface area (Å²) in [4.78, 5) is 0. The minimum absolute atomic E-state index is 0.466. The summed E-state index contributed by atoms with van der Waals surface area (Å²) in [6.07, 6.45) is 5.37. The van der Waals surface area contributed by atoms with Gasteiger partial charge in [0.25, 0.3) is 0 Å². The van der Waals surface area contributed by atoms with Crippen molar-refractivity contribution in [2.45, 2.75) is 46.5 Å². The highest BCUT2D eigenvalue weighted by molar-refractivity contribution is 4.72. The largest absolute Gasteiger partial charge is 0.317 e. The molecule has 15 heavy (non-hydrogen) atoms. The first-order chi connectivity index (χ1) is 7.14. The normalized spacial score (nSPS) is 19.4. The molecule has 2 heteroatoms. The Morgan fingerprint density at radius 1 is 1.27 bits per heavy atom.